The number of likely N-dealkylation sites (tertiary alicyclic amines) is 1. The highest BCUT2D eigenvalue weighted by atomic mass is 35.5. The minimum atomic E-state index is -0.559. The second kappa shape index (κ2) is 10.2. The quantitative estimate of drug-likeness (QED) is 0.748. The predicted octanol–water partition coefficient (Wildman–Crippen LogP) is 1.90. The summed E-state index contributed by atoms with van der Waals surface area (Å²) in [5.41, 5.74) is 0.247. The number of pyridine rings is 1. The van der Waals surface area contributed by atoms with E-state index < -0.39 is 11.2 Å². The molecule has 29 heavy (non-hydrogen) atoms. The third kappa shape index (κ3) is 4.82. The lowest BCUT2D eigenvalue weighted by Gasteiger charge is -2.32. The van der Waals surface area contributed by atoms with E-state index in [9.17, 15) is 14.4 Å². The van der Waals surface area contributed by atoms with E-state index in [1.54, 1.807) is 11.0 Å². The summed E-state index contributed by atoms with van der Waals surface area (Å²) in [6, 6.07) is 2.11. The van der Waals surface area contributed by atoms with Gasteiger partial charge in [0.2, 0.25) is 0 Å². The molecule has 1 saturated heterocycles. The van der Waals surface area contributed by atoms with Crippen LogP contribution in [-0.4, -0.2) is 51.5 Å². The van der Waals surface area contributed by atoms with Crippen molar-refractivity contribution in [2.24, 2.45) is 0 Å². The standard InChI is InChI=1S/C19H27N5O3.2ClH/c1-5-24-16-15(17(25)22-19(24)27)13(10-14(21-16)11(2)3)18(26)23-8-6-12(20-4)7-9-23;;/h10-12,20H,5-9H2,1-4H3,(H,22,25,27);2*1H. The van der Waals surface area contributed by atoms with Crippen molar-refractivity contribution in [3.05, 3.63) is 38.2 Å². The Bertz CT molecular complexity index is 978. The van der Waals surface area contributed by atoms with Crippen LogP contribution in [0.15, 0.2) is 15.7 Å². The summed E-state index contributed by atoms with van der Waals surface area (Å²) >= 11 is 0. The van der Waals surface area contributed by atoms with Gasteiger partial charge >= 0.3 is 5.69 Å². The number of aromatic amines is 1. The average Bonchev–Trinajstić information content (AvgIpc) is 2.66. The van der Waals surface area contributed by atoms with Crippen molar-refractivity contribution in [3.8, 4) is 0 Å². The van der Waals surface area contributed by atoms with Gasteiger partial charge in [0.25, 0.3) is 11.5 Å². The second-order valence-electron chi connectivity index (χ2n) is 7.31. The first-order chi connectivity index (χ1) is 12.9. The van der Waals surface area contributed by atoms with E-state index in [0.29, 0.717) is 36.9 Å². The van der Waals surface area contributed by atoms with Crippen LogP contribution in [0.1, 0.15) is 55.6 Å². The van der Waals surface area contributed by atoms with Crippen molar-refractivity contribution < 1.29 is 4.79 Å². The molecule has 2 aromatic heterocycles. The summed E-state index contributed by atoms with van der Waals surface area (Å²) in [5, 5.41) is 3.44. The number of hydrogen-bond donors (Lipinski definition) is 2. The summed E-state index contributed by atoms with van der Waals surface area (Å²) in [4.78, 5) is 46.7. The van der Waals surface area contributed by atoms with Gasteiger partial charge in [-0.05, 0) is 38.8 Å². The van der Waals surface area contributed by atoms with Crippen LogP contribution in [0.3, 0.4) is 0 Å². The molecule has 1 aliphatic heterocycles. The lowest BCUT2D eigenvalue weighted by Crippen LogP contribution is -2.44. The van der Waals surface area contributed by atoms with Crippen LogP contribution in [0.4, 0.5) is 0 Å². The fraction of sp³-hybridized carbons (Fsp3) is 0.579. The molecular formula is C19H29Cl2N5O3. The summed E-state index contributed by atoms with van der Waals surface area (Å²) in [6.07, 6.45) is 1.75. The molecule has 10 heteroatoms. The number of rotatable bonds is 4. The summed E-state index contributed by atoms with van der Waals surface area (Å²) in [6.45, 7) is 7.40. The molecule has 3 rings (SSSR count). The van der Waals surface area contributed by atoms with Crippen LogP contribution in [0, 0.1) is 0 Å². The molecule has 8 nitrogen and oxygen atoms in total. The number of aryl methyl sites for hydroxylation is 1. The minimum Gasteiger partial charge on any atom is -0.339 e. The summed E-state index contributed by atoms with van der Waals surface area (Å²) < 4.78 is 1.41. The van der Waals surface area contributed by atoms with Gasteiger partial charge in [0.05, 0.1) is 10.9 Å². The van der Waals surface area contributed by atoms with Crippen molar-refractivity contribution in [1.82, 2.24) is 24.8 Å². The maximum absolute atomic E-state index is 13.3. The third-order valence-electron chi connectivity index (χ3n) is 5.30. The Kier molecular flexibility index (Phi) is 8.86. The molecule has 1 aliphatic rings. The molecule has 0 spiro atoms. The molecule has 0 atom stereocenters. The van der Waals surface area contributed by atoms with Gasteiger partial charge in [-0.15, -0.1) is 24.8 Å². The molecule has 2 aromatic rings. The molecule has 0 bridgehead atoms. The van der Waals surface area contributed by atoms with Gasteiger partial charge in [0.1, 0.15) is 0 Å². The molecule has 3 heterocycles. The van der Waals surface area contributed by atoms with E-state index in [1.165, 1.54) is 4.57 Å². The first-order valence-corrected chi connectivity index (χ1v) is 9.51. The fourth-order valence-corrected chi connectivity index (χ4v) is 3.59. The Morgan fingerprint density at radius 1 is 1.28 bits per heavy atom. The Balaban J connectivity index is 0.00000210. The van der Waals surface area contributed by atoms with Gasteiger partial charge in [0, 0.05) is 31.4 Å². The smallest absolute Gasteiger partial charge is 0.329 e. The molecule has 0 aromatic carbocycles. The number of amides is 1. The Hall–Kier alpha value is -1.90. The first-order valence-electron chi connectivity index (χ1n) is 9.51. The van der Waals surface area contributed by atoms with Crippen molar-refractivity contribution in [1.29, 1.82) is 0 Å². The zero-order chi connectivity index (χ0) is 19.7. The molecule has 2 N–H and O–H groups in total. The van der Waals surface area contributed by atoms with Crippen molar-refractivity contribution in [2.45, 2.75) is 52.1 Å². The lowest BCUT2D eigenvalue weighted by atomic mass is 10.0. The SMILES string of the molecule is CCn1c(=O)[nH]c(=O)c2c(C(=O)N3CCC(NC)CC3)cc(C(C)C)nc21.Cl.Cl. The number of carbonyl (C=O) groups is 1. The highest BCUT2D eigenvalue weighted by Gasteiger charge is 2.27. The highest BCUT2D eigenvalue weighted by molar-refractivity contribution is 6.05. The van der Waals surface area contributed by atoms with E-state index in [2.05, 4.69) is 15.3 Å². The van der Waals surface area contributed by atoms with E-state index >= 15 is 0 Å². The molecule has 0 unspecified atom stereocenters. The van der Waals surface area contributed by atoms with Crippen LogP contribution in [0.5, 0.6) is 0 Å². The minimum absolute atomic E-state index is 0. The van der Waals surface area contributed by atoms with Crippen LogP contribution in [0.25, 0.3) is 11.0 Å². The highest BCUT2D eigenvalue weighted by Crippen LogP contribution is 2.22. The van der Waals surface area contributed by atoms with Crippen LogP contribution in [0.2, 0.25) is 0 Å². The van der Waals surface area contributed by atoms with E-state index in [-0.39, 0.29) is 47.7 Å². The van der Waals surface area contributed by atoms with E-state index in [1.807, 2.05) is 27.8 Å². The fourth-order valence-electron chi connectivity index (χ4n) is 3.59. The molecule has 1 amide bonds. The van der Waals surface area contributed by atoms with Gasteiger partial charge in [-0.25, -0.2) is 9.78 Å². The molecule has 0 radical (unpaired) electrons. The zero-order valence-electron chi connectivity index (χ0n) is 17.2. The third-order valence-corrected chi connectivity index (χ3v) is 5.30. The molecule has 162 valence electrons. The normalized spacial score (nSPS) is 14.6. The maximum Gasteiger partial charge on any atom is 0.329 e. The molecule has 1 fully saturated rings. The van der Waals surface area contributed by atoms with E-state index in [0.717, 1.165) is 12.8 Å². The van der Waals surface area contributed by atoms with Crippen molar-refractivity contribution in [3.63, 3.8) is 0 Å². The topological polar surface area (TPSA) is 100 Å². The Morgan fingerprint density at radius 3 is 2.41 bits per heavy atom. The average molecular weight is 446 g/mol. The lowest BCUT2D eigenvalue weighted by molar-refractivity contribution is 0.0709. The van der Waals surface area contributed by atoms with Gasteiger partial charge in [-0.1, -0.05) is 13.8 Å². The monoisotopic (exact) mass is 445 g/mol. The summed E-state index contributed by atoms with van der Waals surface area (Å²) in [5.74, 6) is -0.110. The Labute approximate surface area is 181 Å². The molecular weight excluding hydrogens is 417 g/mol. The zero-order valence-corrected chi connectivity index (χ0v) is 18.8. The van der Waals surface area contributed by atoms with Gasteiger partial charge in [-0.3, -0.25) is 19.1 Å². The largest absolute Gasteiger partial charge is 0.339 e. The number of carbonyl (C=O) groups excluding carboxylic acids is 1. The number of hydrogen-bond acceptors (Lipinski definition) is 5. The van der Waals surface area contributed by atoms with Crippen LogP contribution in [-0.2, 0) is 6.54 Å². The number of H-pyrrole nitrogens is 1. The van der Waals surface area contributed by atoms with Crippen molar-refractivity contribution in [2.75, 3.05) is 20.1 Å². The predicted molar refractivity (Wildman–Crippen MR) is 119 cm³/mol. The number of halogens is 2. The summed E-state index contributed by atoms with van der Waals surface area (Å²) in [7, 11) is 1.93. The molecule has 0 saturated carbocycles. The maximum atomic E-state index is 13.3. The number of nitrogens with zero attached hydrogens (tertiary/aromatic N) is 3. The molecule has 0 aliphatic carbocycles. The van der Waals surface area contributed by atoms with Gasteiger partial charge in [-0.2, -0.15) is 0 Å². The number of fused-ring (bicyclic) bond motifs is 1. The second-order valence-corrected chi connectivity index (χ2v) is 7.31. The number of aromatic nitrogens is 3. The Morgan fingerprint density at radius 2 is 1.90 bits per heavy atom. The van der Waals surface area contributed by atoms with Crippen molar-refractivity contribution >= 4 is 41.8 Å². The first kappa shape index (κ1) is 25.1. The number of nitrogens with one attached hydrogen (secondary N) is 2. The van der Waals surface area contributed by atoms with Crippen LogP contribution >= 0.6 is 24.8 Å². The van der Waals surface area contributed by atoms with E-state index in [4.69, 9.17) is 0 Å². The number of piperidine rings is 1. The van der Waals surface area contributed by atoms with Crippen LogP contribution < -0.4 is 16.6 Å². The van der Waals surface area contributed by atoms with Gasteiger partial charge < -0.3 is 10.2 Å². The van der Waals surface area contributed by atoms with Gasteiger partial charge in [0.15, 0.2) is 5.65 Å².